The van der Waals surface area contributed by atoms with Gasteiger partial charge in [-0.15, -0.1) is 0 Å². The van der Waals surface area contributed by atoms with Gasteiger partial charge in [-0.05, 0) is 24.1 Å². The average Bonchev–Trinajstić information content (AvgIpc) is 2.46. The molecule has 3 heteroatoms. The maximum absolute atomic E-state index is 13.5. The lowest BCUT2D eigenvalue weighted by molar-refractivity contribution is 0.0931. The minimum absolute atomic E-state index is 0.0804. The molecule has 0 aliphatic carbocycles. The second-order valence-electron chi connectivity index (χ2n) is 4.32. The van der Waals surface area contributed by atoms with Gasteiger partial charge in [0.25, 0.3) is 5.91 Å². The van der Waals surface area contributed by atoms with E-state index in [9.17, 15) is 9.18 Å². The molecule has 0 spiro atoms. The number of amides is 1. The Labute approximate surface area is 112 Å². The standard InChI is InChI=1S/C16H16FNO/c1-2-15(12-8-4-3-5-9-12)18-16(19)13-10-6-7-11-14(13)17/h3-11,15H,2H2,1H3,(H,18,19)/t15-/m1/s1. The normalized spacial score (nSPS) is 11.9. The molecule has 19 heavy (non-hydrogen) atoms. The van der Waals surface area contributed by atoms with Crippen LogP contribution in [-0.4, -0.2) is 5.91 Å². The van der Waals surface area contributed by atoms with Gasteiger partial charge in [0, 0.05) is 0 Å². The van der Waals surface area contributed by atoms with E-state index in [4.69, 9.17) is 0 Å². The first-order chi connectivity index (χ1) is 9.22. The highest BCUT2D eigenvalue weighted by Gasteiger charge is 2.16. The number of halogens is 1. The van der Waals surface area contributed by atoms with Crippen LogP contribution in [0, 0.1) is 5.82 Å². The number of benzene rings is 2. The molecule has 1 N–H and O–H groups in total. The van der Waals surface area contributed by atoms with Crippen LogP contribution in [0.3, 0.4) is 0 Å². The highest BCUT2D eigenvalue weighted by Crippen LogP contribution is 2.17. The number of hydrogen-bond donors (Lipinski definition) is 1. The molecule has 2 aromatic rings. The fourth-order valence-electron chi connectivity index (χ4n) is 1.99. The van der Waals surface area contributed by atoms with Crippen molar-refractivity contribution in [3.63, 3.8) is 0 Å². The van der Waals surface area contributed by atoms with E-state index in [-0.39, 0.29) is 17.5 Å². The van der Waals surface area contributed by atoms with Crippen molar-refractivity contribution in [2.24, 2.45) is 0 Å². The third kappa shape index (κ3) is 3.19. The van der Waals surface area contributed by atoms with E-state index < -0.39 is 5.82 Å². The van der Waals surface area contributed by atoms with E-state index in [1.54, 1.807) is 12.1 Å². The number of rotatable bonds is 4. The first-order valence-electron chi connectivity index (χ1n) is 6.32. The smallest absolute Gasteiger partial charge is 0.254 e. The van der Waals surface area contributed by atoms with Crippen LogP contribution in [0.2, 0.25) is 0 Å². The predicted molar refractivity (Wildman–Crippen MR) is 73.3 cm³/mol. The summed E-state index contributed by atoms with van der Waals surface area (Å²) in [5, 5.41) is 2.86. The highest BCUT2D eigenvalue weighted by molar-refractivity contribution is 5.94. The Hall–Kier alpha value is -2.16. The second-order valence-corrected chi connectivity index (χ2v) is 4.32. The van der Waals surface area contributed by atoms with Gasteiger partial charge in [0.15, 0.2) is 0 Å². The zero-order valence-corrected chi connectivity index (χ0v) is 10.8. The van der Waals surface area contributed by atoms with Crippen LogP contribution in [-0.2, 0) is 0 Å². The Morgan fingerprint density at radius 1 is 1.11 bits per heavy atom. The van der Waals surface area contributed by atoms with Crippen LogP contribution >= 0.6 is 0 Å². The van der Waals surface area contributed by atoms with E-state index in [1.165, 1.54) is 12.1 Å². The van der Waals surface area contributed by atoms with E-state index in [1.807, 2.05) is 37.3 Å². The molecule has 0 saturated heterocycles. The van der Waals surface area contributed by atoms with Crippen LogP contribution in [0.15, 0.2) is 54.6 Å². The molecule has 0 heterocycles. The van der Waals surface area contributed by atoms with Crippen LogP contribution < -0.4 is 5.32 Å². The summed E-state index contributed by atoms with van der Waals surface area (Å²) in [6, 6.07) is 15.6. The molecular weight excluding hydrogens is 241 g/mol. The molecule has 0 bridgehead atoms. The topological polar surface area (TPSA) is 29.1 Å². The molecule has 0 saturated carbocycles. The lowest BCUT2D eigenvalue weighted by Crippen LogP contribution is -2.28. The molecule has 98 valence electrons. The Morgan fingerprint density at radius 3 is 2.37 bits per heavy atom. The van der Waals surface area contributed by atoms with Gasteiger partial charge in [-0.3, -0.25) is 4.79 Å². The monoisotopic (exact) mass is 257 g/mol. The van der Waals surface area contributed by atoms with E-state index >= 15 is 0 Å². The second kappa shape index (κ2) is 6.14. The number of hydrogen-bond acceptors (Lipinski definition) is 1. The van der Waals surface area contributed by atoms with Crippen LogP contribution in [0.4, 0.5) is 4.39 Å². The van der Waals surface area contributed by atoms with Crippen molar-refractivity contribution in [3.8, 4) is 0 Å². The van der Waals surface area contributed by atoms with E-state index in [0.717, 1.165) is 12.0 Å². The van der Waals surface area contributed by atoms with Crippen LogP contribution in [0.5, 0.6) is 0 Å². The van der Waals surface area contributed by atoms with Crippen molar-refractivity contribution < 1.29 is 9.18 Å². The summed E-state index contributed by atoms with van der Waals surface area (Å²) in [5.41, 5.74) is 1.10. The number of nitrogens with one attached hydrogen (secondary N) is 1. The van der Waals surface area contributed by atoms with Crippen molar-refractivity contribution in [3.05, 3.63) is 71.5 Å². The summed E-state index contributed by atoms with van der Waals surface area (Å²) in [6.07, 6.45) is 0.754. The summed E-state index contributed by atoms with van der Waals surface area (Å²) in [4.78, 5) is 12.1. The van der Waals surface area contributed by atoms with Gasteiger partial charge < -0.3 is 5.32 Å². The van der Waals surface area contributed by atoms with Gasteiger partial charge in [0.1, 0.15) is 5.82 Å². The average molecular weight is 257 g/mol. The van der Waals surface area contributed by atoms with Gasteiger partial charge in [-0.25, -0.2) is 4.39 Å². The van der Waals surface area contributed by atoms with Gasteiger partial charge in [0.05, 0.1) is 11.6 Å². The Bertz CT molecular complexity index is 554. The Kier molecular flexibility index (Phi) is 4.29. The first kappa shape index (κ1) is 13.3. The van der Waals surface area contributed by atoms with Crippen molar-refractivity contribution in [2.45, 2.75) is 19.4 Å². The molecule has 0 aliphatic heterocycles. The zero-order chi connectivity index (χ0) is 13.7. The van der Waals surface area contributed by atoms with Crippen molar-refractivity contribution in [1.29, 1.82) is 0 Å². The maximum Gasteiger partial charge on any atom is 0.254 e. The maximum atomic E-state index is 13.5. The van der Waals surface area contributed by atoms with E-state index in [0.29, 0.717) is 0 Å². The minimum Gasteiger partial charge on any atom is -0.345 e. The minimum atomic E-state index is -0.497. The zero-order valence-electron chi connectivity index (χ0n) is 10.8. The molecule has 2 aromatic carbocycles. The molecule has 0 aliphatic rings. The summed E-state index contributed by atoms with van der Waals surface area (Å²) >= 11 is 0. The van der Waals surface area contributed by atoms with Gasteiger partial charge in [-0.1, -0.05) is 49.4 Å². The quantitative estimate of drug-likeness (QED) is 0.888. The molecule has 0 radical (unpaired) electrons. The molecule has 0 unspecified atom stereocenters. The lowest BCUT2D eigenvalue weighted by Gasteiger charge is -2.17. The summed E-state index contributed by atoms with van der Waals surface area (Å²) in [7, 11) is 0. The molecule has 1 amide bonds. The SMILES string of the molecule is CC[C@@H](NC(=O)c1ccccc1F)c1ccccc1. The molecule has 0 aromatic heterocycles. The van der Waals surface area contributed by atoms with E-state index in [2.05, 4.69) is 5.32 Å². The fourth-order valence-corrected chi connectivity index (χ4v) is 1.99. The lowest BCUT2D eigenvalue weighted by atomic mass is 10.0. The Balaban J connectivity index is 2.16. The molecular formula is C16H16FNO. The van der Waals surface area contributed by atoms with Gasteiger partial charge >= 0.3 is 0 Å². The van der Waals surface area contributed by atoms with Crippen molar-refractivity contribution in [2.75, 3.05) is 0 Å². The fraction of sp³-hybridized carbons (Fsp3) is 0.188. The van der Waals surface area contributed by atoms with Crippen molar-refractivity contribution >= 4 is 5.91 Å². The number of carbonyl (C=O) groups is 1. The van der Waals surface area contributed by atoms with Crippen LogP contribution in [0.25, 0.3) is 0 Å². The molecule has 1 atom stereocenters. The van der Waals surface area contributed by atoms with Crippen LogP contribution in [0.1, 0.15) is 35.3 Å². The molecule has 2 rings (SSSR count). The summed E-state index contributed by atoms with van der Waals surface area (Å²) in [6.45, 7) is 1.99. The third-order valence-electron chi connectivity index (χ3n) is 3.03. The first-order valence-corrected chi connectivity index (χ1v) is 6.32. The molecule has 0 fully saturated rings. The predicted octanol–water partition coefficient (Wildman–Crippen LogP) is 3.71. The third-order valence-corrected chi connectivity index (χ3v) is 3.03. The summed E-state index contributed by atoms with van der Waals surface area (Å²) < 4.78 is 13.5. The molecule has 2 nitrogen and oxygen atoms in total. The highest BCUT2D eigenvalue weighted by atomic mass is 19.1. The van der Waals surface area contributed by atoms with Crippen molar-refractivity contribution in [1.82, 2.24) is 5.32 Å². The van der Waals surface area contributed by atoms with Gasteiger partial charge in [0.2, 0.25) is 0 Å². The number of carbonyl (C=O) groups excluding carboxylic acids is 1. The Morgan fingerprint density at radius 2 is 1.74 bits per heavy atom. The summed E-state index contributed by atoms with van der Waals surface area (Å²) in [5.74, 6) is -0.878. The van der Waals surface area contributed by atoms with Gasteiger partial charge in [-0.2, -0.15) is 0 Å². The largest absolute Gasteiger partial charge is 0.345 e.